The number of allylic oxidation sites excluding steroid dienone is 1. The number of rotatable bonds is 4. The molecule has 0 aliphatic carbocycles. The van der Waals surface area contributed by atoms with Crippen LogP contribution < -0.4 is 0 Å². The summed E-state index contributed by atoms with van der Waals surface area (Å²) in [5, 5.41) is 0. The Morgan fingerprint density at radius 2 is 1.89 bits per heavy atom. The first-order chi connectivity index (χ1) is 4.26. The van der Waals surface area contributed by atoms with Crippen molar-refractivity contribution in [3.8, 4) is 0 Å². The lowest BCUT2D eigenvalue weighted by atomic mass is 10.5. The van der Waals surface area contributed by atoms with Crippen molar-refractivity contribution >= 4 is 9.28 Å². The molecule has 0 aromatic carbocycles. The highest BCUT2D eigenvalue weighted by Crippen LogP contribution is 2.09. The van der Waals surface area contributed by atoms with Crippen LogP contribution in [0.3, 0.4) is 0 Å². The summed E-state index contributed by atoms with van der Waals surface area (Å²) in [5.41, 5.74) is 0.389. The normalized spacial score (nSPS) is 13.8. The summed E-state index contributed by atoms with van der Waals surface area (Å²) in [7, 11) is 1.96. The molecule has 0 rings (SSSR count). The highest BCUT2D eigenvalue weighted by Gasteiger charge is 2.15. The summed E-state index contributed by atoms with van der Waals surface area (Å²) in [6.45, 7) is 5.70. The van der Waals surface area contributed by atoms with Gasteiger partial charge in [-0.1, -0.05) is 13.0 Å². The van der Waals surface area contributed by atoms with Crippen molar-refractivity contribution < 1.29 is 8.85 Å². The van der Waals surface area contributed by atoms with Crippen LogP contribution in [0.5, 0.6) is 0 Å². The van der Waals surface area contributed by atoms with E-state index in [1.54, 1.807) is 14.2 Å². The molecule has 0 heterocycles. The van der Waals surface area contributed by atoms with Crippen LogP contribution in [0.4, 0.5) is 0 Å². The molecule has 2 nitrogen and oxygen atoms in total. The molecule has 0 aliphatic rings. The van der Waals surface area contributed by atoms with E-state index in [9.17, 15) is 0 Å². The van der Waals surface area contributed by atoms with Crippen LogP contribution in [0.25, 0.3) is 0 Å². The van der Waals surface area contributed by atoms with E-state index in [-0.39, 0.29) is 0 Å². The van der Waals surface area contributed by atoms with Crippen molar-refractivity contribution in [1.29, 1.82) is 0 Å². The zero-order valence-corrected chi connectivity index (χ0v) is 7.41. The van der Waals surface area contributed by atoms with Crippen LogP contribution in [0.2, 0.25) is 5.54 Å². The summed E-state index contributed by atoms with van der Waals surface area (Å²) in [5.74, 6) is 0. The Balaban J connectivity index is 3.63. The molecular weight excluding hydrogens is 132 g/mol. The molecule has 0 N–H and O–H groups in total. The molecule has 1 unspecified atom stereocenters. The van der Waals surface area contributed by atoms with E-state index < -0.39 is 9.28 Å². The molecule has 0 spiro atoms. The van der Waals surface area contributed by atoms with E-state index in [4.69, 9.17) is 8.85 Å². The molecule has 3 heteroatoms. The van der Waals surface area contributed by atoms with Crippen LogP contribution >= 0.6 is 0 Å². The van der Waals surface area contributed by atoms with Crippen molar-refractivity contribution in [2.75, 3.05) is 14.2 Å². The largest absolute Gasteiger partial charge is 0.400 e. The fraction of sp³-hybridized carbons (Fsp3) is 0.667. The Morgan fingerprint density at radius 3 is 2.00 bits per heavy atom. The van der Waals surface area contributed by atoms with Gasteiger partial charge in [0, 0.05) is 19.8 Å². The van der Waals surface area contributed by atoms with Gasteiger partial charge >= 0.3 is 9.28 Å². The lowest BCUT2D eigenvalue weighted by Gasteiger charge is -2.14. The summed E-state index contributed by atoms with van der Waals surface area (Å²) < 4.78 is 10.2. The molecule has 0 radical (unpaired) electrons. The van der Waals surface area contributed by atoms with Crippen LogP contribution in [-0.2, 0) is 8.85 Å². The van der Waals surface area contributed by atoms with E-state index in [2.05, 4.69) is 13.5 Å². The molecule has 0 saturated carbocycles. The van der Waals surface area contributed by atoms with Crippen molar-refractivity contribution in [3.63, 3.8) is 0 Å². The van der Waals surface area contributed by atoms with Crippen LogP contribution in [0, 0.1) is 0 Å². The second-order valence-electron chi connectivity index (χ2n) is 1.93. The van der Waals surface area contributed by atoms with Gasteiger partial charge in [0.25, 0.3) is 0 Å². The second-order valence-corrected chi connectivity index (χ2v) is 4.67. The fourth-order valence-corrected chi connectivity index (χ4v) is 1.91. The lowest BCUT2D eigenvalue weighted by Crippen LogP contribution is -2.22. The van der Waals surface area contributed by atoms with Crippen molar-refractivity contribution in [2.24, 2.45) is 0 Å². The SMILES string of the molecule is C=CC(C)[SiH](OC)OC. The smallest absolute Gasteiger partial charge is 0.327 e. The average Bonchev–Trinajstić information content (AvgIpc) is 1.90. The Bertz CT molecular complexity index is 81.1. The molecule has 0 aliphatic heterocycles. The van der Waals surface area contributed by atoms with Gasteiger partial charge < -0.3 is 8.85 Å². The minimum Gasteiger partial charge on any atom is -0.400 e. The summed E-state index contributed by atoms with van der Waals surface area (Å²) in [6.07, 6.45) is 1.86. The van der Waals surface area contributed by atoms with Crippen LogP contribution in [0.1, 0.15) is 6.92 Å². The van der Waals surface area contributed by atoms with Gasteiger partial charge in [-0.05, 0) is 0 Å². The van der Waals surface area contributed by atoms with Crippen LogP contribution in [-0.4, -0.2) is 23.5 Å². The topological polar surface area (TPSA) is 18.5 Å². The molecule has 0 fully saturated rings. The van der Waals surface area contributed by atoms with Gasteiger partial charge in [0.1, 0.15) is 0 Å². The van der Waals surface area contributed by atoms with Gasteiger partial charge in [-0.25, -0.2) is 0 Å². The van der Waals surface area contributed by atoms with Gasteiger partial charge in [-0.15, -0.1) is 6.58 Å². The molecule has 0 bridgehead atoms. The molecule has 54 valence electrons. The Kier molecular flexibility index (Phi) is 4.66. The minimum absolute atomic E-state index is 0.389. The molecular formula is C6H14O2Si. The number of hydrogen-bond donors (Lipinski definition) is 0. The summed E-state index contributed by atoms with van der Waals surface area (Å²) in [6, 6.07) is 0. The van der Waals surface area contributed by atoms with Gasteiger partial charge in [-0.3, -0.25) is 0 Å². The average molecular weight is 146 g/mol. The fourth-order valence-electron chi connectivity index (χ4n) is 0.637. The highest BCUT2D eigenvalue weighted by atomic mass is 28.3. The van der Waals surface area contributed by atoms with E-state index in [0.29, 0.717) is 5.54 Å². The summed E-state index contributed by atoms with van der Waals surface area (Å²) >= 11 is 0. The van der Waals surface area contributed by atoms with Crippen molar-refractivity contribution in [1.82, 2.24) is 0 Å². The van der Waals surface area contributed by atoms with E-state index >= 15 is 0 Å². The maximum Gasteiger partial charge on any atom is 0.327 e. The zero-order valence-electron chi connectivity index (χ0n) is 6.26. The monoisotopic (exact) mass is 146 g/mol. The van der Waals surface area contributed by atoms with Gasteiger partial charge in [0.2, 0.25) is 0 Å². The summed E-state index contributed by atoms with van der Waals surface area (Å²) in [4.78, 5) is 0. The first-order valence-electron chi connectivity index (χ1n) is 2.94. The van der Waals surface area contributed by atoms with Crippen molar-refractivity contribution in [2.45, 2.75) is 12.5 Å². The number of hydrogen-bond acceptors (Lipinski definition) is 2. The zero-order chi connectivity index (χ0) is 7.28. The first-order valence-corrected chi connectivity index (χ1v) is 4.55. The molecule has 1 atom stereocenters. The standard InChI is InChI=1S/C6H14O2Si/c1-5-6(2)9(7-3)8-4/h5-6,9H,1H2,2-4H3. The molecule has 0 aromatic heterocycles. The van der Waals surface area contributed by atoms with Gasteiger partial charge in [-0.2, -0.15) is 0 Å². The van der Waals surface area contributed by atoms with Gasteiger partial charge in [0.15, 0.2) is 0 Å². The second kappa shape index (κ2) is 4.73. The van der Waals surface area contributed by atoms with Crippen LogP contribution in [0.15, 0.2) is 12.7 Å². The Hall–Kier alpha value is -0.123. The predicted octanol–water partition coefficient (Wildman–Crippen LogP) is 1.08. The minimum atomic E-state index is -1.40. The van der Waals surface area contributed by atoms with Crippen molar-refractivity contribution in [3.05, 3.63) is 12.7 Å². The highest BCUT2D eigenvalue weighted by molar-refractivity contribution is 6.46. The molecule has 0 amide bonds. The maximum absolute atomic E-state index is 5.10. The maximum atomic E-state index is 5.10. The third kappa shape index (κ3) is 2.79. The van der Waals surface area contributed by atoms with E-state index in [1.807, 2.05) is 6.08 Å². The Labute approximate surface area is 58.3 Å². The third-order valence-corrected chi connectivity index (χ3v) is 3.33. The Morgan fingerprint density at radius 1 is 1.44 bits per heavy atom. The predicted molar refractivity (Wildman–Crippen MR) is 40.8 cm³/mol. The lowest BCUT2D eigenvalue weighted by molar-refractivity contribution is 0.272. The first kappa shape index (κ1) is 8.88. The van der Waals surface area contributed by atoms with E-state index in [0.717, 1.165) is 0 Å². The van der Waals surface area contributed by atoms with E-state index in [1.165, 1.54) is 0 Å². The molecule has 0 aromatic rings. The molecule has 0 saturated heterocycles. The molecule has 9 heavy (non-hydrogen) atoms. The third-order valence-electron chi connectivity index (χ3n) is 1.27. The quantitative estimate of drug-likeness (QED) is 0.436. The van der Waals surface area contributed by atoms with Gasteiger partial charge in [0.05, 0.1) is 0 Å².